The summed E-state index contributed by atoms with van der Waals surface area (Å²) < 4.78 is 0. The summed E-state index contributed by atoms with van der Waals surface area (Å²) in [5.41, 5.74) is 10.9. The van der Waals surface area contributed by atoms with E-state index in [0.717, 1.165) is 17.4 Å². The predicted octanol–water partition coefficient (Wildman–Crippen LogP) is 3.48. The molecule has 2 aromatic rings. The number of nitrogens with two attached hydrogens (primary N) is 1. The molecule has 0 saturated heterocycles. The Kier molecular flexibility index (Phi) is 2.25. The van der Waals surface area contributed by atoms with E-state index in [9.17, 15) is 0 Å². The quantitative estimate of drug-likeness (QED) is 0.861. The molecule has 2 aliphatic carbocycles. The summed E-state index contributed by atoms with van der Waals surface area (Å²) in [6.07, 6.45) is 4.07. The van der Waals surface area contributed by atoms with Gasteiger partial charge in [0.05, 0.1) is 0 Å². The van der Waals surface area contributed by atoms with Gasteiger partial charge >= 0.3 is 0 Å². The van der Waals surface area contributed by atoms with E-state index in [1.165, 1.54) is 36.1 Å². The Labute approximate surface area is 113 Å². The zero-order chi connectivity index (χ0) is 13.0. The number of aromatic nitrogens is 2. The molecule has 1 aromatic carbocycles. The zero-order valence-electron chi connectivity index (χ0n) is 11.2. The van der Waals surface area contributed by atoms with E-state index in [0.29, 0.717) is 11.7 Å². The molecule has 19 heavy (non-hydrogen) atoms. The molecule has 2 aliphatic rings. The number of anilines is 1. The highest BCUT2D eigenvalue weighted by molar-refractivity contribution is 5.77. The Morgan fingerprint density at radius 2 is 2.00 bits per heavy atom. The van der Waals surface area contributed by atoms with Gasteiger partial charge in [-0.1, -0.05) is 29.8 Å². The first-order valence-electron chi connectivity index (χ1n) is 7.13. The normalized spacial score (nSPS) is 28.4. The van der Waals surface area contributed by atoms with Gasteiger partial charge < -0.3 is 5.73 Å². The Hall–Kier alpha value is -1.77. The lowest BCUT2D eigenvalue weighted by molar-refractivity contribution is 0.607. The van der Waals surface area contributed by atoms with Gasteiger partial charge in [0.15, 0.2) is 5.82 Å². The van der Waals surface area contributed by atoms with Gasteiger partial charge in [0.25, 0.3) is 0 Å². The van der Waals surface area contributed by atoms with Crippen molar-refractivity contribution in [1.82, 2.24) is 10.2 Å². The minimum atomic E-state index is 0.629. The summed E-state index contributed by atoms with van der Waals surface area (Å²) in [7, 11) is 0. The summed E-state index contributed by atoms with van der Waals surface area (Å²) in [5.74, 6) is 3.21. The highest BCUT2D eigenvalue weighted by Gasteiger charge is 2.47. The van der Waals surface area contributed by atoms with Crippen molar-refractivity contribution in [3.8, 4) is 11.1 Å². The number of nitrogen functional groups attached to an aromatic ring is 1. The van der Waals surface area contributed by atoms with Crippen molar-refractivity contribution < 1.29 is 0 Å². The van der Waals surface area contributed by atoms with Gasteiger partial charge in [0, 0.05) is 17.2 Å². The minimum absolute atomic E-state index is 0.629. The lowest BCUT2D eigenvalue weighted by Gasteiger charge is -2.13. The molecule has 1 heterocycles. The highest BCUT2D eigenvalue weighted by Crippen LogP contribution is 2.58. The van der Waals surface area contributed by atoms with E-state index in [-0.39, 0.29) is 0 Å². The summed E-state index contributed by atoms with van der Waals surface area (Å²) in [4.78, 5) is 0. The van der Waals surface area contributed by atoms with Crippen LogP contribution >= 0.6 is 0 Å². The van der Waals surface area contributed by atoms with E-state index in [1.54, 1.807) is 0 Å². The van der Waals surface area contributed by atoms with Crippen LogP contribution in [0, 0.1) is 18.8 Å². The molecule has 3 N–H and O–H groups in total. The molecule has 0 amide bonds. The van der Waals surface area contributed by atoms with Crippen LogP contribution in [0.2, 0.25) is 0 Å². The number of rotatable bonds is 2. The van der Waals surface area contributed by atoms with Crippen LogP contribution in [0.25, 0.3) is 11.1 Å². The molecule has 1 aromatic heterocycles. The van der Waals surface area contributed by atoms with Gasteiger partial charge in [-0.15, -0.1) is 0 Å². The predicted molar refractivity (Wildman–Crippen MR) is 76.7 cm³/mol. The third-order valence-electron chi connectivity index (χ3n) is 4.78. The van der Waals surface area contributed by atoms with Crippen LogP contribution in [-0.4, -0.2) is 10.2 Å². The van der Waals surface area contributed by atoms with Crippen molar-refractivity contribution in [2.75, 3.05) is 5.73 Å². The number of H-pyrrole nitrogens is 1. The fourth-order valence-corrected chi connectivity index (χ4v) is 3.72. The standard InChI is InChI=1S/C16H19N3/c1-9-3-2-4-10(5-9)14-15(18-19-16(14)17)13-7-11-6-12(11)8-13/h2-5,11-13H,6-8H2,1H3,(H3,17,18,19). The maximum absolute atomic E-state index is 6.09. The topological polar surface area (TPSA) is 54.7 Å². The number of hydrogen-bond acceptors (Lipinski definition) is 2. The van der Waals surface area contributed by atoms with E-state index < -0.39 is 0 Å². The van der Waals surface area contributed by atoms with Crippen molar-refractivity contribution in [2.24, 2.45) is 11.8 Å². The van der Waals surface area contributed by atoms with E-state index in [1.807, 2.05) is 0 Å². The van der Waals surface area contributed by atoms with Gasteiger partial charge in [0.2, 0.25) is 0 Å². The molecule has 0 bridgehead atoms. The lowest BCUT2D eigenvalue weighted by Crippen LogP contribution is -1.99. The molecule has 98 valence electrons. The Morgan fingerprint density at radius 1 is 1.21 bits per heavy atom. The average molecular weight is 253 g/mol. The second-order valence-electron chi connectivity index (χ2n) is 6.19. The van der Waals surface area contributed by atoms with Crippen molar-refractivity contribution in [3.63, 3.8) is 0 Å². The maximum Gasteiger partial charge on any atom is 0.153 e. The van der Waals surface area contributed by atoms with Crippen LogP contribution in [0.1, 0.15) is 36.4 Å². The van der Waals surface area contributed by atoms with Crippen LogP contribution in [0.3, 0.4) is 0 Å². The summed E-state index contributed by atoms with van der Waals surface area (Å²) in [5, 5.41) is 7.46. The van der Waals surface area contributed by atoms with Crippen molar-refractivity contribution in [1.29, 1.82) is 0 Å². The maximum atomic E-state index is 6.09. The third-order valence-corrected chi connectivity index (χ3v) is 4.78. The number of fused-ring (bicyclic) bond motifs is 1. The molecular weight excluding hydrogens is 234 g/mol. The molecule has 0 aliphatic heterocycles. The molecule has 2 atom stereocenters. The fraction of sp³-hybridized carbons (Fsp3) is 0.438. The van der Waals surface area contributed by atoms with Crippen molar-refractivity contribution in [3.05, 3.63) is 35.5 Å². The van der Waals surface area contributed by atoms with Crippen LogP contribution < -0.4 is 5.73 Å². The Balaban J connectivity index is 1.76. The van der Waals surface area contributed by atoms with E-state index >= 15 is 0 Å². The average Bonchev–Trinajstić information content (AvgIpc) is 2.84. The first-order valence-corrected chi connectivity index (χ1v) is 7.13. The molecule has 0 spiro atoms. The number of benzene rings is 1. The van der Waals surface area contributed by atoms with E-state index in [2.05, 4.69) is 41.4 Å². The summed E-state index contributed by atoms with van der Waals surface area (Å²) in [6, 6.07) is 8.53. The molecule has 2 fully saturated rings. The smallest absolute Gasteiger partial charge is 0.153 e. The van der Waals surface area contributed by atoms with Gasteiger partial charge in [0.1, 0.15) is 0 Å². The van der Waals surface area contributed by atoms with Crippen molar-refractivity contribution >= 4 is 5.82 Å². The highest BCUT2D eigenvalue weighted by atomic mass is 15.2. The largest absolute Gasteiger partial charge is 0.382 e. The Morgan fingerprint density at radius 3 is 2.74 bits per heavy atom. The van der Waals surface area contributed by atoms with Crippen molar-refractivity contribution in [2.45, 2.75) is 32.1 Å². The van der Waals surface area contributed by atoms with Gasteiger partial charge in [-0.25, -0.2) is 0 Å². The second kappa shape index (κ2) is 3.86. The fourth-order valence-electron chi connectivity index (χ4n) is 3.72. The number of nitrogens with zero attached hydrogens (tertiary/aromatic N) is 1. The van der Waals surface area contributed by atoms with Crippen LogP contribution in [0.15, 0.2) is 24.3 Å². The molecule has 3 nitrogen and oxygen atoms in total. The van der Waals surface area contributed by atoms with E-state index in [4.69, 9.17) is 5.73 Å². The van der Waals surface area contributed by atoms with Crippen LogP contribution in [-0.2, 0) is 0 Å². The number of nitrogens with one attached hydrogen (secondary N) is 1. The molecule has 4 rings (SSSR count). The molecule has 0 radical (unpaired) electrons. The summed E-state index contributed by atoms with van der Waals surface area (Å²) in [6.45, 7) is 2.12. The number of aromatic amines is 1. The molecule has 3 heteroatoms. The molecule has 2 unspecified atom stereocenters. The van der Waals surface area contributed by atoms with Crippen LogP contribution in [0.5, 0.6) is 0 Å². The van der Waals surface area contributed by atoms with Crippen LogP contribution in [0.4, 0.5) is 5.82 Å². The third kappa shape index (κ3) is 1.76. The monoisotopic (exact) mass is 253 g/mol. The minimum Gasteiger partial charge on any atom is -0.382 e. The Bertz CT molecular complexity index is 619. The van der Waals surface area contributed by atoms with Gasteiger partial charge in [-0.05, 0) is 43.6 Å². The lowest BCUT2D eigenvalue weighted by atomic mass is 9.92. The first kappa shape index (κ1) is 11.1. The molecular formula is C16H19N3. The summed E-state index contributed by atoms with van der Waals surface area (Å²) >= 11 is 0. The number of hydrogen-bond donors (Lipinski definition) is 2. The second-order valence-corrected chi connectivity index (χ2v) is 6.19. The van der Waals surface area contributed by atoms with Gasteiger partial charge in [-0.3, -0.25) is 5.10 Å². The zero-order valence-corrected chi connectivity index (χ0v) is 11.2. The SMILES string of the molecule is Cc1cccc(-c2c(N)n[nH]c2C2CC3CC3C2)c1. The number of aryl methyl sites for hydroxylation is 1. The first-order chi connectivity index (χ1) is 9.22. The van der Waals surface area contributed by atoms with Gasteiger partial charge in [-0.2, -0.15) is 5.10 Å². The molecule has 2 saturated carbocycles.